The molecule has 2 heterocycles. The molecule has 2 aromatic rings. The molecule has 3 N–H and O–H groups in total. The fourth-order valence-electron chi connectivity index (χ4n) is 2.47. The van der Waals surface area contributed by atoms with Crippen LogP contribution in [0, 0.1) is 0 Å². The normalized spacial score (nSPS) is 16.2. The average molecular weight is 409 g/mol. The van der Waals surface area contributed by atoms with E-state index in [0.29, 0.717) is 10.8 Å². The summed E-state index contributed by atoms with van der Waals surface area (Å²) in [6, 6.07) is 7.07. The van der Waals surface area contributed by atoms with E-state index >= 15 is 0 Å². The maximum Gasteiger partial charge on any atom is 0.257 e. The van der Waals surface area contributed by atoms with Crippen molar-refractivity contribution in [1.29, 1.82) is 0 Å². The van der Waals surface area contributed by atoms with Gasteiger partial charge in [-0.25, -0.2) is 4.98 Å². The number of hydrogen-bond donors (Lipinski definition) is 3. The van der Waals surface area contributed by atoms with Gasteiger partial charge >= 0.3 is 0 Å². The molecule has 9 heteroatoms. The molecule has 0 saturated carbocycles. The molecular formula is C15H13BrN4O3S. The minimum Gasteiger partial charge on any atom is -0.326 e. The zero-order valence-electron chi connectivity index (χ0n) is 12.6. The predicted octanol–water partition coefficient (Wildman–Crippen LogP) is 2.32. The van der Waals surface area contributed by atoms with Crippen LogP contribution in [0.25, 0.3) is 0 Å². The Morgan fingerprint density at radius 1 is 1.42 bits per heavy atom. The lowest BCUT2D eigenvalue weighted by Gasteiger charge is -2.23. The van der Waals surface area contributed by atoms with E-state index in [1.54, 1.807) is 24.5 Å². The Bertz CT molecular complexity index is 883. The molecule has 0 bridgehead atoms. The lowest BCUT2D eigenvalue weighted by atomic mass is 9.92. The molecule has 0 spiro atoms. The number of thioether (sulfide) groups is 1. The summed E-state index contributed by atoms with van der Waals surface area (Å²) in [6.07, 6.45) is 1.66. The van der Waals surface area contributed by atoms with Gasteiger partial charge in [-0.05, 0) is 24.5 Å². The van der Waals surface area contributed by atoms with E-state index in [9.17, 15) is 14.4 Å². The Labute approximate surface area is 149 Å². The minimum absolute atomic E-state index is 0.101. The molecule has 1 atom stereocenters. The monoisotopic (exact) mass is 408 g/mol. The molecule has 2 amide bonds. The molecule has 3 rings (SSSR count). The Hall–Kier alpha value is -2.13. The van der Waals surface area contributed by atoms with Crippen LogP contribution in [0.4, 0.5) is 11.5 Å². The number of aromatic amines is 1. The lowest BCUT2D eigenvalue weighted by Crippen LogP contribution is -2.36. The van der Waals surface area contributed by atoms with Crippen molar-refractivity contribution in [3.8, 4) is 0 Å². The first-order valence-electron chi connectivity index (χ1n) is 7.02. The zero-order chi connectivity index (χ0) is 17.3. The molecule has 0 saturated heterocycles. The second-order valence-electron chi connectivity index (χ2n) is 5.14. The highest BCUT2D eigenvalue weighted by molar-refractivity contribution is 9.10. The van der Waals surface area contributed by atoms with E-state index in [0.717, 1.165) is 4.47 Å². The zero-order valence-corrected chi connectivity index (χ0v) is 15.0. The van der Waals surface area contributed by atoms with Crippen LogP contribution in [0.15, 0.2) is 38.7 Å². The number of aromatic nitrogens is 2. The van der Waals surface area contributed by atoms with E-state index in [1.807, 2.05) is 6.07 Å². The molecule has 24 heavy (non-hydrogen) atoms. The highest BCUT2D eigenvalue weighted by Crippen LogP contribution is 2.30. The Morgan fingerprint density at radius 3 is 2.92 bits per heavy atom. The van der Waals surface area contributed by atoms with Crippen molar-refractivity contribution in [3.05, 3.63) is 44.7 Å². The number of amides is 2. The van der Waals surface area contributed by atoms with Gasteiger partial charge in [0.2, 0.25) is 11.8 Å². The van der Waals surface area contributed by atoms with Crippen molar-refractivity contribution in [2.75, 3.05) is 16.9 Å². The van der Waals surface area contributed by atoms with Crippen LogP contribution in [-0.2, 0) is 9.59 Å². The molecule has 1 aromatic carbocycles. The summed E-state index contributed by atoms with van der Waals surface area (Å²) in [4.78, 5) is 43.6. The molecule has 0 unspecified atom stereocenters. The fraction of sp³-hybridized carbons (Fsp3) is 0.200. The molecule has 1 aromatic heterocycles. The van der Waals surface area contributed by atoms with Crippen LogP contribution in [-0.4, -0.2) is 28.0 Å². The summed E-state index contributed by atoms with van der Waals surface area (Å²) in [7, 11) is 0. The number of H-pyrrole nitrogens is 1. The van der Waals surface area contributed by atoms with E-state index in [4.69, 9.17) is 0 Å². The summed E-state index contributed by atoms with van der Waals surface area (Å²) < 4.78 is 0.811. The van der Waals surface area contributed by atoms with Crippen LogP contribution in [0.2, 0.25) is 0 Å². The van der Waals surface area contributed by atoms with Crippen LogP contribution >= 0.6 is 27.7 Å². The van der Waals surface area contributed by atoms with Gasteiger partial charge < -0.3 is 15.6 Å². The van der Waals surface area contributed by atoms with E-state index in [2.05, 4.69) is 36.5 Å². The lowest BCUT2D eigenvalue weighted by molar-refractivity contribution is -0.123. The number of anilines is 2. The number of fused-ring (bicyclic) bond motifs is 1. The average Bonchev–Trinajstić information content (AvgIpc) is 2.53. The van der Waals surface area contributed by atoms with Crippen molar-refractivity contribution in [2.45, 2.75) is 17.5 Å². The summed E-state index contributed by atoms with van der Waals surface area (Å²) in [5, 5.41) is 5.68. The van der Waals surface area contributed by atoms with Gasteiger partial charge in [0.25, 0.3) is 5.56 Å². The summed E-state index contributed by atoms with van der Waals surface area (Å²) in [5.41, 5.74) is 0.339. The smallest absolute Gasteiger partial charge is 0.257 e. The second-order valence-corrected chi connectivity index (χ2v) is 6.85. The number of rotatable bonds is 3. The standard InChI is InChI=1S/C15H13BrN4O3S/c1-24-15-19-12-11(14(23)20-15)9(6-10(21)18-12)13(22)17-8-4-2-3-7(16)5-8/h2-5,9H,6H2,1H3,(H,17,22)(H2,18,19,20,21,23)/t9-/m0/s1. The van der Waals surface area contributed by atoms with Crippen LogP contribution < -0.4 is 16.2 Å². The van der Waals surface area contributed by atoms with Crippen LogP contribution in [0.1, 0.15) is 17.9 Å². The van der Waals surface area contributed by atoms with Gasteiger partial charge in [-0.2, -0.15) is 0 Å². The first kappa shape index (κ1) is 16.7. The van der Waals surface area contributed by atoms with Gasteiger partial charge in [0.05, 0.1) is 11.5 Å². The molecule has 0 radical (unpaired) electrons. The van der Waals surface area contributed by atoms with Gasteiger partial charge in [0.1, 0.15) is 5.82 Å². The number of hydrogen-bond acceptors (Lipinski definition) is 5. The summed E-state index contributed by atoms with van der Waals surface area (Å²) in [5.74, 6) is -1.51. The quantitative estimate of drug-likeness (QED) is 0.533. The fourth-order valence-corrected chi connectivity index (χ4v) is 3.24. The van der Waals surface area contributed by atoms with E-state index in [1.165, 1.54) is 11.8 Å². The van der Waals surface area contributed by atoms with E-state index in [-0.39, 0.29) is 23.7 Å². The molecule has 7 nitrogen and oxygen atoms in total. The highest BCUT2D eigenvalue weighted by atomic mass is 79.9. The van der Waals surface area contributed by atoms with Crippen molar-refractivity contribution in [3.63, 3.8) is 0 Å². The molecule has 1 aliphatic rings. The minimum atomic E-state index is -0.889. The van der Waals surface area contributed by atoms with Crippen molar-refractivity contribution in [1.82, 2.24) is 9.97 Å². The summed E-state index contributed by atoms with van der Waals surface area (Å²) in [6.45, 7) is 0. The maximum atomic E-state index is 12.6. The topological polar surface area (TPSA) is 104 Å². The van der Waals surface area contributed by atoms with Gasteiger partial charge in [-0.3, -0.25) is 14.4 Å². The second kappa shape index (κ2) is 6.78. The Balaban J connectivity index is 1.96. The van der Waals surface area contributed by atoms with Gasteiger partial charge in [-0.15, -0.1) is 0 Å². The maximum absolute atomic E-state index is 12.6. The highest BCUT2D eigenvalue weighted by Gasteiger charge is 2.34. The van der Waals surface area contributed by atoms with Crippen LogP contribution in [0.3, 0.4) is 0 Å². The molecule has 124 valence electrons. The number of benzene rings is 1. The van der Waals surface area contributed by atoms with E-state index < -0.39 is 17.4 Å². The molecule has 0 aliphatic carbocycles. The SMILES string of the molecule is CSc1nc2c(c(=O)[nH]1)[C@@H](C(=O)Nc1cccc(Br)c1)CC(=O)N2. The summed E-state index contributed by atoms with van der Waals surface area (Å²) >= 11 is 4.58. The van der Waals surface area contributed by atoms with Crippen molar-refractivity contribution in [2.24, 2.45) is 0 Å². The third-order valence-electron chi connectivity index (χ3n) is 3.53. The van der Waals surface area contributed by atoms with Crippen molar-refractivity contribution < 1.29 is 9.59 Å². The Kier molecular flexibility index (Phi) is 4.72. The first-order valence-corrected chi connectivity index (χ1v) is 9.04. The third kappa shape index (κ3) is 3.36. The number of nitrogens with one attached hydrogen (secondary N) is 3. The number of carbonyl (C=O) groups is 2. The number of nitrogens with zero attached hydrogens (tertiary/aromatic N) is 1. The Morgan fingerprint density at radius 2 is 2.21 bits per heavy atom. The van der Waals surface area contributed by atoms with Gasteiger partial charge in [0.15, 0.2) is 5.16 Å². The van der Waals surface area contributed by atoms with Gasteiger partial charge in [0, 0.05) is 16.6 Å². The van der Waals surface area contributed by atoms with Crippen LogP contribution in [0.5, 0.6) is 0 Å². The van der Waals surface area contributed by atoms with Gasteiger partial charge in [-0.1, -0.05) is 33.8 Å². The molecule has 0 fully saturated rings. The molecular weight excluding hydrogens is 396 g/mol. The first-order chi connectivity index (χ1) is 11.5. The number of halogens is 1. The van der Waals surface area contributed by atoms with Crippen molar-refractivity contribution >= 4 is 51.0 Å². The molecule has 1 aliphatic heterocycles. The number of carbonyl (C=O) groups excluding carboxylic acids is 2. The largest absolute Gasteiger partial charge is 0.326 e. The predicted molar refractivity (Wildman–Crippen MR) is 95.4 cm³/mol. The third-order valence-corrected chi connectivity index (χ3v) is 4.60.